The summed E-state index contributed by atoms with van der Waals surface area (Å²) in [5, 5.41) is 0. The van der Waals surface area contributed by atoms with Crippen molar-refractivity contribution in [2.45, 2.75) is 83.4 Å². The van der Waals surface area contributed by atoms with Crippen LogP contribution in [0.1, 0.15) is 82.6 Å². The van der Waals surface area contributed by atoms with Crippen LogP contribution in [0.2, 0.25) is 0 Å². The number of allylic oxidation sites excluding steroid dienone is 2. The Morgan fingerprint density at radius 3 is 1.90 bits per heavy atom. The summed E-state index contributed by atoms with van der Waals surface area (Å²) < 4.78 is 68.5. The Labute approximate surface area is 175 Å². The third-order valence-electron chi connectivity index (χ3n) is 6.91. The molecule has 0 unspecified atom stereocenters. The summed E-state index contributed by atoms with van der Waals surface area (Å²) in [6, 6.07) is 2.01. The Kier molecular flexibility index (Phi) is 7.81. The first-order valence-electron chi connectivity index (χ1n) is 11.2. The van der Waals surface area contributed by atoms with E-state index < -0.39 is 23.7 Å². The van der Waals surface area contributed by atoms with Crippen LogP contribution in [-0.4, -0.2) is 6.36 Å². The number of hydrogen-bond acceptors (Lipinski definition) is 1. The molecule has 1 aromatic carbocycles. The summed E-state index contributed by atoms with van der Waals surface area (Å²) in [4.78, 5) is 0. The molecule has 168 valence electrons. The fourth-order valence-corrected chi connectivity index (χ4v) is 5.30. The van der Waals surface area contributed by atoms with Gasteiger partial charge in [-0.15, -0.1) is 13.2 Å². The second-order valence-corrected chi connectivity index (χ2v) is 8.87. The maximum absolute atomic E-state index is 14.0. The van der Waals surface area contributed by atoms with Gasteiger partial charge >= 0.3 is 6.36 Å². The maximum atomic E-state index is 14.0. The van der Waals surface area contributed by atoms with Crippen LogP contribution in [-0.2, 0) is 0 Å². The summed E-state index contributed by atoms with van der Waals surface area (Å²) in [5.41, 5.74) is 0.435. The summed E-state index contributed by atoms with van der Waals surface area (Å²) in [6.07, 6.45) is 10.4. The molecule has 0 heterocycles. The highest BCUT2D eigenvalue weighted by Crippen LogP contribution is 2.45. The van der Waals surface area contributed by atoms with Crippen LogP contribution < -0.4 is 4.74 Å². The highest BCUT2D eigenvalue weighted by Gasteiger charge is 2.35. The Morgan fingerprint density at radius 2 is 1.40 bits per heavy atom. The average Bonchev–Trinajstić information content (AvgIpc) is 2.71. The molecular weight excluding hydrogens is 399 g/mol. The minimum atomic E-state index is -5.12. The highest BCUT2D eigenvalue weighted by molar-refractivity contribution is 5.33. The summed E-state index contributed by atoms with van der Waals surface area (Å²) in [7, 11) is 0. The van der Waals surface area contributed by atoms with Crippen molar-refractivity contribution in [3.63, 3.8) is 0 Å². The Hall–Kier alpha value is -1.59. The molecule has 2 saturated carbocycles. The van der Waals surface area contributed by atoms with E-state index in [1.165, 1.54) is 32.1 Å². The molecule has 0 radical (unpaired) electrons. The van der Waals surface area contributed by atoms with E-state index in [4.69, 9.17) is 0 Å². The van der Waals surface area contributed by atoms with Gasteiger partial charge in [0.2, 0.25) is 5.75 Å². The van der Waals surface area contributed by atoms with Crippen LogP contribution in [0, 0.1) is 29.4 Å². The van der Waals surface area contributed by atoms with Crippen molar-refractivity contribution >= 4 is 0 Å². The maximum Gasteiger partial charge on any atom is 0.573 e. The van der Waals surface area contributed by atoms with E-state index in [9.17, 15) is 22.0 Å². The molecule has 1 aromatic rings. The van der Waals surface area contributed by atoms with Crippen molar-refractivity contribution in [1.82, 2.24) is 0 Å². The van der Waals surface area contributed by atoms with Gasteiger partial charge < -0.3 is 4.74 Å². The molecular formula is C24H31F5O. The second-order valence-electron chi connectivity index (χ2n) is 8.87. The number of ether oxygens (including phenoxy) is 1. The Morgan fingerprint density at radius 1 is 0.867 bits per heavy atom. The SMILES string of the molecule is CC/C=C/CC1CCC(C2CCC(c3cc(F)c(OC(F)(F)F)c(F)c3)CC2)CC1. The minimum absolute atomic E-state index is 0.0132. The number of rotatable bonds is 6. The van der Waals surface area contributed by atoms with Crippen LogP contribution in [0.25, 0.3) is 0 Å². The summed E-state index contributed by atoms with van der Waals surface area (Å²) in [5.74, 6) is -1.79. The number of halogens is 5. The van der Waals surface area contributed by atoms with Gasteiger partial charge in [0.1, 0.15) is 0 Å². The monoisotopic (exact) mass is 430 g/mol. The molecule has 0 spiro atoms. The van der Waals surface area contributed by atoms with Gasteiger partial charge in [-0.3, -0.25) is 0 Å². The molecule has 0 atom stereocenters. The lowest BCUT2D eigenvalue weighted by Gasteiger charge is -2.38. The topological polar surface area (TPSA) is 9.23 Å². The lowest BCUT2D eigenvalue weighted by molar-refractivity contribution is -0.276. The first-order chi connectivity index (χ1) is 14.3. The number of benzene rings is 1. The smallest absolute Gasteiger partial charge is 0.399 e. The molecule has 0 amide bonds. The van der Waals surface area contributed by atoms with Gasteiger partial charge in [-0.2, -0.15) is 0 Å². The lowest BCUT2D eigenvalue weighted by Crippen LogP contribution is -2.25. The van der Waals surface area contributed by atoms with E-state index >= 15 is 0 Å². The zero-order chi connectivity index (χ0) is 21.7. The summed E-state index contributed by atoms with van der Waals surface area (Å²) >= 11 is 0. The van der Waals surface area contributed by atoms with Gasteiger partial charge in [0.25, 0.3) is 0 Å². The molecule has 0 aromatic heterocycles. The lowest BCUT2D eigenvalue weighted by atomic mass is 9.68. The van der Waals surface area contributed by atoms with E-state index in [1.807, 2.05) is 0 Å². The van der Waals surface area contributed by atoms with E-state index in [2.05, 4.69) is 23.8 Å². The fourth-order valence-electron chi connectivity index (χ4n) is 5.30. The van der Waals surface area contributed by atoms with Gasteiger partial charge in [0.15, 0.2) is 11.6 Å². The van der Waals surface area contributed by atoms with Crippen LogP contribution in [0.5, 0.6) is 5.75 Å². The standard InChI is InChI=1S/C24H31F5O/c1-2-3-4-5-16-6-8-17(9-7-16)18-10-12-19(13-11-18)20-14-21(25)23(22(26)15-20)30-24(27,28)29/h3-4,14-19H,2,5-13H2,1H3/b4-3+. The van der Waals surface area contributed by atoms with Crippen molar-refractivity contribution in [3.8, 4) is 5.75 Å². The Bertz CT molecular complexity index is 688. The van der Waals surface area contributed by atoms with Crippen LogP contribution in [0.15, 0.2) is 24.3 Å². The molecule has 0 N–H and O–H groups in total. The average molecular weight is 431 g/mol. The van der Waals surface area contributed by atoms with Crippen molar-refractivity contribution in [2.24, 2.45) is 17.8 Å². The van der Waals surface area contributed by atoms with Crippen LogP contribution in [0.3, 0.4) is 0 Å². The molecule has 0 bridgehead atoms. The van der Waals surface area contributed by atoms with Gasteiger partial charge in [-0.05, 0) is 106 Å². The molecule has 0 saturated heterocycles. The fraction of sp³-hybridized carbons (Fsp3) is 0.667. The predicted octanol–water partition coefficient (Wildman–Crippen LogP) is 8.30. The zero-order valence-corrected chi connectivity index (χ0v) is 17.5. The highest BCUT2D eigenvalue weighted by atomic mass is 19.4. The van der Waals surface area contributed by atoms with Crippen molar-refractivity contribution < 1.29 is 26.7 Å². The third-order valence-corrected chi connectivity index (χ3v) is 6.91. The minimum Gasteiger partial charge on any atom is -0.399 e. The summed E-state index contributed by atoms with van der Waals surface area (Å²) in [6.45, 7) is 2.15. The quantitative estimate of drug-likeness (QED) is 0.326. The van der Waals surface area contributed by atoms with Crippen LogP contribution >= 0.6 is 0 Å². The van der Waals surface area contributed by atoms with Crippen molar-refractivity contribution in [2.75, 3.05) is 0 Å². The molecule has 2 aliphatic carbocycles. The molecule has 2 aliphatic rings. The molecule has 30 heavy (non-hydrogen) atoms. The zero-order valence-electron chi connectivity index (χ0n) is 17.5. The predicted molar refractivity (Wildman–Crippen MR) is 107 cm³/mol. The van der Waals surface area contributed by atoms with Gasteiger partial charge in [-0.1, -0.05) is 19.1 Å². The first-order valence-corrected chi connectivity index (χ1v) is 11.2. The van der Waals surface area contributed by atoms with Gasteiger partial charge in [-0.25, -0.2) is 8.78 Å². The third kappa shape index (κ3) is 6.21. The van der Waals surface area contributed by atoms with Crippen LogP contribution in [0.4, 0.5) is 22.0 Å². The van der Waals surface area contributed by atoms with Gasteiger partial charge in [0, 0.05) is 0 Å². The molecule has 3 rings (SSSR count). The molecule has 6 heteroatoms. The number of hydrogen-bond donors (Lipinski definition) is 0. The largest absolute Gasteiger partial charge is 0.573 e. The van der Waals surface area contributed by atoms with E-state index in [0.29, 0.717) is 11.5 Å². The molecule has 1 nitrogen and oxygen atoms in total. The van der Waals surface area contributed by atoms with Crippen molar-refractivity contribution in [1.29, 1.82) is 0 Å². The molecule has 2 fully saturated rings. The second kappa shape index (κ2) is 10.1. The van der Waals surface area contributed by atoms with Gasteiger partial charge in [0.05, 0.1) is 0 Å². The normalized spacial score (nSPS) is 28.1. The number of alkyl halides is 3. The van der Waals surface area contributed by atoms with E-state index in [-0.39, 0.29) is 5.92 Å². The first kappa shape index (κ1) is 23.1. The van der Waals surface area contributed by atoms with Crippen molar-refractivity contribution in [3.05, 3.63) is 41.5 Å². The van der Waals surface area contributed by atoms with E-state index in [1.54, 1.807) is 0 Å². The Balaban J connectivity index is 1.52. The molecule has 0 aliphatic heterocycles. The van der Waals surface area contributed by atoms with E-state index in [0.717, 1.165) is 56.1 Å².